The summed E-state index contributed by atoms with van der Waals surface area (Å²) in [4.78, 5) is 0. The molecule has 1 aromatic heterocycles. The van der Waals surface area contributed by atoms with Crippen LogP contribution in [0.5, 0.6) is 0 Å². The van der Waals surface area contributed by atoms with Gasteiger partial charge in [0.25, 0.3) is 0 Å². The Bertz CT molecular complexity index is 1000. The van der Waals surface area contributed by atoms with Crippen LogP contribution in [0.25, 0.3) is 23.1 Å². The molecule has 0 fully saturated rings. The first-order valence-corrected chi connectivity index (χ1v) is 7.16. The van der Waals surface area contributed by atoms with Gasteiger partial charge >= 0.3 is 0 Å². The molecule has 0 N–H and O–H groups in total. The Kier molecular flexibility index (Phi) is 2.58. The molecule has 2 heterocycles. The maximum Gasteiger partial charge on any atom is 0.212 e. The van der Waals surface area contributed by atoms with Crippen molar-refractivity contribution >= 4 is 23.1 Å². The lowest BCUT2D eigenvalue weighted by molar-refractivity contribution is 0.900. The number of hydrogen-bond donors (Lipinski definition) is 0. The van der Waals surface area contributed by atoms with E-state index in [9.17, 15) is 0 Å². The number of fused-ring (bicyclic) bond motifs is 2. The van der Waals surface area contributed by atoms with Gasteiger partial charge in [-0.2, -0.15) is 0 Å². The molecule has 0 amide bonds. The van der Waals surface area contributed by atoms with Crippen molar-refractivity contribution in [3.05, 3.63) is 76.6 Å². The third-order valence-corrected chi connectivity index (χ3v) is 4.15. The van der Waals surface area contributed by atoms with Gasteiger partial charge < -0.3 is 4.57 Å². The van der Waals surface area contributed by atoms with Gasteiger partial charge in [0.2, 0.25) is 5.36 Å². The van der Waals surface area contributed by atoms with Crippen LogP contribution in [0.2, 0.25) is 0 Å². The average Bonchev–Trinajstić information content (AvgIpc) is 3.03. The maximum absolute atomic E-state index is 2.24. The van der Waals surface area contributed by atoms with E-state index in [4.69, 9.17) is 0 Å². The van der Waals surface area contributed by atoms with Crippen LogP contribution in [0.3, 0.4) is 0 Å². The third kappa shape index (κ3) is 2.00. The molecule has 102 valence electrons. The number of benzene rings is 2. The summed E-state index contributed by atoms with van der Waals surface area (Å²) in [5.74, 6) is 0. The van der Waals surface area contributed by atoms with Crippen LogP contribution in [0, 0.1) is 0 Å². The van der Waals surface area contributed by atoms with E-state index in [1.807, 2.05) is 0 Å². The zero-order valence-electron chi connectivity index (χ0n) is 12.2. The summed E-state index contributed by atoms with van der Waals surface area (Å²) in [5, 5.41) is 3.79. The molecule has 0 unspecified atom stereocenters. The summed E-state index contributed by atoms with van der Waals surface area (Å²) in [6.07, 6.45) is 8.60. The van der Waals surface area contributed by atoms with Crippen LogP contribution in [-0.4, -0.2) is 11.6 Å². The smallest absolute Gasteiger partial charge is 0.212 e. The highest BCUT2D eigenvalue weighted by atomic mass is 14.9. The molecule has 2 nitrogen and oxygen atoms in total. The Morgan fingerprint density at radius 2 is 1.95 bits per heavy atom. The van der Waals surface area contributed by atoms with Crippen LogP contribution in [-0.2, 0) is 7.05 Å². The van der Waals surface area contributed by atoms with Gasteiger partial charge in [-0.3, -0.25) is 0 Å². The van der Waals surface area contributed by atoms with Crippen LogP contribution in [0.4, 0.5) is 0 Å². The fourth-order valence-electron chi connectivity index (χ4n) is 2.97. The Hall–Kier alpha value is -2.61. The van der Waals surface area contributed by atoms with Crippen LogP contribution < -0.4 is 15.2 Å². The highest BCUT2D eigenvalue weighted by Crippen LogP contribution is 2.16. The molecule has 0 spiro atoms. The van der Waals surface area contributed by atoms with Gasteiger partial charge in [0.15, 0.2) is 6.20 Å². The van der Waals surface area contributed by atoms with E-state index in [-0.39, 0.29) is 0 Å². The molecule has 4 rings (SSSR count). The van der Waals surface area contributed by atoms with Crippen LogP contribution >= 0.6 is 0 Å². The predicted molar refractivity (Wildman–Crippen MR) is 88.4 cm³/mol. The lowest BCUT2D eigenvalue weighted by Crippen LogP contribution is -2.21. The van der Waals surface area contributed by atoms with Crippen molar-refractivity contribution in [2.75, 3.05) is 7.05 Å². The molecule has 0 saturated carbocycles. The number of rotatable bonds is 1. The van der Waals surface area contributed by atoms with Gasteiger partial charge in [-0.25, -0.2) is 4.58 Å². The highest BCUT2D eigenvalue weighted by molar-refractivity contribution is 5.82. The molecule has 0 atom stereocenters. The van der Waals surface area contributed by atoms with Crippen LogP contribution in [0.1, 0.15) is 11.1 Å². The molecule has 2 heteroatoms. The zero-order chi connectivity index (χ0) is 14.4. The molecule has 0 saturated heterocycles. The first-order valence-electron chi connectivity index (χ1n) is 7.16. The largest absolute Gasteiger partial charge is 0.351 e. The minimum absolute atomic E-state index is 1.24. The van der Waals surface area contributed by atoms with Gasteiger partial charge in [-0.15, -0.1) is 0 Å². The maximum atomic E-state index is 2.24. The van der Waals surface area contributed by atoms with Gasteiger partial charge in [-0.1, -0.05) is 6.07 Å². The molecular formula is C19H17N2+. The van der Waals surface area contributed by atoms with Gasteiger partial charge in [0.1, 0.15) is 7.05 Å². The molecule has 1 aliphatic rings. The predicted octanol–water partition coefficient (Wildman–Crippen LogP) is 2.11. The van der Waals surface area contributed by atoms with Crippen molar-refractivity contribution in [1.82, 2.24) is 9.14 Å². The molecule has 3 aromatic rings. The third-order valence-electron chi connectivity index (χ3n) is 4.15. The lowest BCUT2D eigenvalue weighted by Gasteiger charge is -1.98. The molecule has 0 radical (unpaired) electrons. The standard InChI is InChI=1S/C19H17N2/c1-20-9-7-16-12-14(3-5-18(16)20)11-15-4-6-19-17(13-15)8-10-21(19)2/h3-13H,1-2H3/q+1. The summed E-state index contributed by atoms with van der Waals surface area (Å²) in [5.41, 5.74) is 3.79. The van der Waals surface area contributed by atoms with Crippen molar-refractivity contribution in [3.8, 4) is 0 Å². The normalized spacial score (nSPS) is 14.2. The summed E-state index contributed by atoms with van der Waals surface area (Å²) < 4.78 is 4.30. The van der Waals surface area contributed by atoms with Crippen molar-refractivity contribution in [2.24, 2.45) is 7.05 Å². The number of nitrogens with zero attached hydrogens (tertiary/aromatic N) is 2. The summed E-state index contributed by atoms with van der Waals surface area (Å²) >= 11 is 0. The molecule has 2 aromatic carbocycles. The molecular weight excluding hydrogens is 256 g/mol. The average molecular weight is 273 g/mol. The second-order valence-electron chi connectivity index (χ2n) is 5.63. The lowest BCUT2D eigenvalue weighted by atomic mass is 10.1. The van der Waals surface area contributed by atoms with Crippen molar-refractivity contribution in [3.63, 3.8) is 0 Å². The first kappa shape index (κ1) is 12.2. The minimum atomic E-state index is 1.24. The summed E-state index contributed by atoms with van der Waals surface area (Å²) in [6.45, 7) is 0. The second kappa shape index (κ2) is 4.45. The summed E-state index contributed by atoms with van der Waals surface area (Å²) in [6, 6.07) is 15.4. The zero-order valence-corrected chi connectivity index (χ0v) is 12.2. The van der Waals surface area contributed by atoms with Gasteiger partial charge in [-0.05, 0) is 47.2 Å². The second-order valence-corrected chi connectivity index (χ2v) is 5.63. The quantitative estimate of drug-likeness (QED) is 0.600. The monoisotopic (exact) mass is 273 g/mol. The van der Waals surface area contributed by atoms with E-state index in [0.29, 0.717) is 0 Å². The van der Waals surface area contributed by atoms with E-state index < -0.39 is 0 Å². The Morgan fingerprint density at radius 3 is 2.86 bits per heavy atom. The van der Waals surface area contributed by atoms with Gasteiger partial charge in [0.05, 0.1) is 5.56 Å². The Balaban J connectivity index is 1.85. The molecule has 21 heavy (non-hydrogen) atoms. The van der Waals surface area contributed by atoms with E-state index in [2.05, 4.69) is 90.3 Å². The minimum Gasteiger partial charge on any atom is -0.351 e. The first-order chi connectivity index (χ1) is 10.2. The van der Waals surface area contributed by atoms with E-state index >= 15 is 0 Å². The molecule has 0 bridgehead atoms. The topological polar surface area (TPSA) is 7.94 Å². The summed E-state index contributed by atoms with van der Waals surface area (Å²) in [7, 11) is 4.16. The fraction of sp³-hybridized carbons (Fsp3) is 0.105. The van der Waals surface area contributed by atoms with Crippen molar-refractivity contribution < 1.29 is 0 Å². The van der Waals surface area contributed by atoms with E-state index in [1.54, 1.807) is 0 Å². The van der Waals surface area contributed by atoms with E-state index in [1.165, 1.54) is 32.6 Å². The van der Waals surface area contributed by atoms with Crippen LogP contribution in [0.15, 0.2) is 54.9 Å². The molecule has 0 aliphatic carbocycles. The Labute approximate surface area is 123 Å². The van der Waals surface area contributed by atoms with Crippen molar-refractivity contribution in [2.45, 2.75) is 0 Å². The molecule has 1 aliphatic heterocycles. The SMILES string of the molecule is Cn1ccc2cc(/C=c3\ccc4c(c3)C=C[N+]=4C)ccc21. The number of aryl methyl sites for hydroxylation is 1. The number of aromatic nitrogens is 1. The Morgan fingerprint density at radius 1 is 1.05 bits per heavy atom. The fourth-order valence-corrected chi connectivity index (χ4v) is 2.97. The highest BCUT2D eigenvalue weighted by Gasteiger charge is 2.07. The van der Waals surface area contributed by atoms with Crippen molar-refractivity contribution in [1.29, 1.82) is 0 Å². The number of hydrogen-bond acceptors (Lipinski definition) is 0. The van der Waals surface area contributed by atoms with E-state index in [0.717, 1.165) is 0 Å². The van der Waals surface area contributed by atoms with Gasteiger partial charge in [0, 0.05) is 36.3 Å².